The zero-order chi connectivity index (χ0) is 6.69. The van der Waals surface area contributed by atoms with Crippen molar-refractivity contribution in [1.29, 1.82) is 0 Å². The van der Waals surface area contributed by atoms with Gasteiger partial charge in [0.1, 0.15) is 0 Å². The molecule has 0 radical (unpaired) electrons. The Morgan fingerprint density at radius 1 is 1.67 bits per heavy atom. The Labute approximate surface area is 55.8 Å². The van der Waals surface area contributed by atoms with Gasteiger partial charge in [-0.1, -0.05) is 6.92 Å². The lowest BCUT2D eigenvalue weighted by atomic mass is 10.4. The topological polar surface area (TPSA) is 29.5 Å². The molecule has 1 unspecified atom stereocenters. The molecule has 0 aromatic carbocycles. The van der Waals surface area contributed by atoms with E-state index >= 15 is 0 Å². The maximum atomic E-state index is 8.91. The van der Waals surface area contributed by atoms with Crippen molar-refractivity contribution >= 4 is 0 Å². The van der Waals surface area contributed by atoms with Gasteiger partial charge in [-0.05, 0) is 25.2 Å². The van der Waals surface area contributed by atoms with E-state index in [2.05, 4.69) is 0 Å². The minimum atomic E-state index is -0.523. The monoisotopic (exact) mass is 130 g/mol. The lowest BCUT2D eigenvalue weighted by Gasteiger charge is -2.07. The Morgan fingerprint density at radius 2 is 2.33 bits per heavy atom. The van der Waals surface area contributed by atoms with Crippen LogP contribution in [0.5, 0.6) is 0 Å². The molecule has 1 saturated carbocycles. The van der Waals surface area contributed by atoms with E-state index < -0.39 is 6.29 Å². The molecule has 0 amide bonds. The van der Waals surface area contributed by atoms with Crippen LogP contribution in [0.3, 0.4) is 0 Å². The van der Waals surface area contributed by atoms with Gasteiger partial charge >= 0.3 is 0 Å². The molecule has 2 nitrogen and oxygen atoms in total. The highest BCUT2D eigenvalue weighted by atomic mass is 16.6. The fourth-order valence-corrected chi connectivity index (χ4v) is 0.650. The van der Waals surface area contributed by atoms with Crippen LogP contribution in [0.1, 0.15) is 26.2 Å². The molecule has 1 atom stereocenters. The molecule has 0 aliphatic heterocycles. The van der Waals surface area contributed by atoms with Crippen LogP contribution in [0, 0.1) is 5.92 Å². The molecule has 0 saturated heterocycles. The fourth-order valence-electron chi connectivity index (χ4n) is 0.650. The van der Waals surface area contributed by atoms with Crippen molar-refractivity contribution in [2.75, 3.05) is 6.61 Å². The second-order valence-corrected chi connectivity index (χ2v) is 2.64. The van der Waals surface area contributed by atoms with Crippen LogP contribution < -0.4 is 0 Å². The summed E-state index contributed by atoms with van der Waals surface area (Å²) in [6.07, 6.45) is 2.75. The van der Waals surface area contributed by atoms with E-state index in [1.807, 2.05) is 6.92 Å². The standard InChI is InChI=1S/C7H14O2/c1-2-7(8)9-5-6-3-4-6/h6-8H,2-5H2,1H3. The average Bonchev–Trinajstić information content (AvgIpc) is 2.65. The Hall–Kier alpha value is -0.0800. The van der Waals surface area contributed by atoms with E-state index in [0.717, 1.165) is 12.5 Å². The molecule has 0 heterocycles. The minimum absolute atomic E-state index is 0.523. The van der Waals surface area contributed by atoms with Crippen molar-refractivity contribution in [2.24, 2.45) is 5.92 Å². The largest absolute Gasteiger partial charge is 0.368 e. The molecule has 9 heavy (non-hydrogen) atoms. The van der Waals surface area contributed by atoms with Crippen molar-refractivity contribution < 1.29 is 9.84 Å². The molecule has 1 rings (SSSR count). The molecule has 1 aliphatic rings. The van der Waals surface area contributed by atoms with Crippen LogP contribution >= 0.6 is 0 Å². The molecular formula is C7H14O2. The number of hydrogen-bond donors (Lipinski definition) is 1. The Bertz CT molecular complexity index is 79.0. The van der Waals surface area contributed by atoms with Gasteiger partial charge in [-0.3, -0.25) is 0 Å². The van der Waals surface area contributed by atoms with Gasteiger partial charge in [0.2, 0.25) is 0 Å². The van der Waals surface area contributed by atoms with Gasteiger partial charge in [0.25, 0.3) is 0 Å². The van der Waals surface area contributed by atoms with Crippen LogP contribution in [0.25, 0.3) is 0 Å². The van der Waals surface area contributed by atoms with Gasteiger partial charge in [0, 0.05) is 0 Å². The minimum Gasteiger partial charge on any atom is -0.368 e. The second kappa shape index (κ2) is 3.18. The predicted molar refractivity (Wildman–Crippen MR) is 35.0 cm³/mol. The fraction of sp³-hybridized carbons (Fsp3) is 1.00. The molecule has 54 valence electrons. The van der Waals surface area contributed by atoms with E-state index in [1.54, 1.807) is 0 Å². The molecule has 2 heteroatoms. The normalized spacial score (nSPS) is 22.0. The van der Waals surface area contributed by atoms with Crippen LogP contribution in [0.15, 0.2) is 0 Å². The van der Waals surface area contributed by atoms with Crippen molar-refractivity contribution in [3.8, 4) is 0 Å². The van der Waals surface area contributed by atoms with Crippen molar-refractivity contribution in [3.63, 3.8) is 0 Å². The Balaban J connectivity index is 1.90. The Morgan fingerprint density at radius 3 is 2.78 bits per heavy atom. The van der Waals surface area contributed by atoms with Crippen molar-refractivity contribution in [3.05, 3.63) is 0 Å². The average molecular weight is 130 g/mol. The third kappa shape index (κ3) is 2.82. The van der Waals surface area contributed by atoms with Crippen LogP contribution in [-0.4, -0.2) is 18.0 Å². The summed E-state index contributed by atoms with van der Waals surface area (Å²) in [7, 11) is 0. The first-order chi connectivity index (χ1) is 4.33. The van der Waals surface area contributed by atoms with E-state index in [9.17, 15) is 0 Å². The van der Waals surface area contributed by atoms with Crippen molar-refractivity contribution in [2.45, 2.75) is 32.5 Å². The maximum Gasteiger partial charge on any atom is 0.154 e. The molecule has 1 N–H and O–H groups in total. The summed E-state index contributed by atoms with van der Waals surface area (Å²) in [6, 6.07) is 0. The van der Waals surface area contributed by atoms with Gasteiger partial charge in [-0.25, -0.2) is 0 Å². The van der Waals surface area contributed by atoms with E-state index in [0.29, 0.717) is 6.42 Å². The van der Waals surface area contributed by atoms with E-state index in [-0.39, 0.29) is 0 Å². The molecule has 1 fully saturated rings. The molecular weight excluding hydrogens is 116 g/mol. The van der Waals surface area contributed by atoms with E-state index in [1.165, 1.54) is 12.8 Å². The number of aliphatic hydroxyl groups is 1. The van der Waals surface area contributed by atoms with Gasteiger partial charge < -0.3 is 9.84 Å². The SMILES string of the molecule is CCC(O)OCC1CC1. The quantitative estimate of drug-likeness (QED) is 0.578. The Kier molecular flexibility index (Phi) is 2.49. The third-order valence-corrected chi connectivity index (χ3v) is 1.57. The second-order valence-electron chi connectivity index (χ2n) is 2.64. The van der Waals surface area contributed by atoms with Gasteiger partial charge in [-0.15, -0.1) is 0 Å². The van der Waals surface area contributed by atoms with Crippen LogP contribution in [-0.2, 0) is 4.74 Å². The van der Waals surface area contributed by atoms with Crippen molar-refractivity contribution in [1.82, 2.24) is 0 Å². The molecule has 1 aliphatic carbocycles. The highest BCUT2D eigenvalue weighted by molar-refractivity contribution is 4.71. The summed E-state index contributed by atoms with van der Waals surface area (Å²) < 4.78 is 5.07. The first kappa shape index (κ1) is 7.03. The van der Waals surface area contributed by atoms with E-state index in [4.69, 9.17) is 9.84 Å². The number of ether oxygens (including phenoxy) is 1. The first-order valence-corrected chi connectivity index (χ1v) is 3.62. The van der Waals surface area contributed by atoms with Gasteiger partial charge in [-0.2, -0.15) is 0 Å². The number of aliphatic hydroxyl groups excluding tert-OH is 1. The van der Waals surface area contributed by atoms with Gasteiger partial charge in [0.15, 0.2) is 6.29 Å². The smallest absolute Gasteiger partial charge is 0.154 e. The highest BCUT2D eigenvalue weighted by Gasteiger charge is 2.22. The zero-order valence-corrected chi connectivity index (χ0v) is 5.84. The number of rotatable bonds is 4. The summed E-state index contributed by atoms with van der Waals surface area (Å²) in [5.41, 5.74) is 0. The summed E-state index contributed by atoms with van der Waals surface area (Å²) >= 11 is 0. The van der Waals surface area contributed by atoms with Crippen LogP contribution in [0.2, 0.25) is 0 Å². The summed E-state index contributed by atoms with van der Waals surface area (Å²) in [4.78, 5) is 0. The third-order valence-electron chi connectivity index (χ3n) is 1.57. The molecule has 0 aromatic rings. The molecule has 0 aromatic heterocycles. The molecule has 0 spiro atoms. The first-order valence-electron chi connectivity index (χ1n) is 3.62. The lowest BCUT2D eigenvalue weighted by Crippen LogP contribution is -2.11. The highest BCUT2D eigenvalue weighted by Crippen LogP contribution is 2.29. The zero-order valence-electron chi connectivity index (χ0n) is 5.84. The van der Waals surface area contributed by atoms with Crippen LogP contribution in [0.4, 0.5) is 0 Å². The summed E-state index contributed by atoms with van der Waals surface area (Å²) in [6.45, 7) is 2.67. The predicted octanol–water partition coefficient (Wildman–Crippen LogP) is 1.14. The maximum absolute atomic E-state index is 8.91. The summed E-state index contributed by atoms with van der Waals surface area (Å²) in [5, 5.41) is 8.91. The molecule has 0 bridgehead atoms. The summed E-state index contributed by atoms with van der Waals surface area (Å²) in [5.74, 6) is 0.756. The van der Waals surface area contributed by atoms with Gasteiger partial charge in [0.05, 0.1) is 6.61 Å². The lowest BCUT2D eigenvalue weighted by molar-refractivity contribution is -0.103. The number of hydrogen-bond acceptors (Lipinski definition) is 2.